The van der Waals surface area contributed by atoms with E-state index in [4.69, 9.17) is 4.74 Å². The molecule has 2 aromatic rings. The van der Waals surface area contributed by atoms with Gasteiger partial charge in [-0.2, -0.15) is 5.10 Å². The van der Waals surface area contributed by atoms with Crippen molar-refractivity contribution in [3.63, 3.8) is 0 Å². The maximum absolute atomic E-state index is 12.6. The molecule has 23 heavy (non-hydrogen) atoms. The van der Waals surface area contributed by atoms with E-state index in [0.717, 1.165) is 18.4 Å². The molecule has 1 N–H and O–H groups in total. The van der Waals surface area contributed by atoms with Crippen molar-refractivity contribution < 1.29 is 9.53 Å². The Kier molecular flexibility index (Phi) is 3.65. The molecule has 1 amide bonds. The molecule has 1 aliphatic carbocycles. The van der Waals surface area contributed by atoms with Gasteiger partial charge in [0.1, 0.15) is 0 Å². The Morgan fingerprint density at radius 2 is 2.13 bits per heavy atom. The molecule has 2 heterocycles. The lowest BCUT2D eigenvalue weighted by atomic mass is 9.96. The predicted octanol–water partition coefficient (Wildman–Crippen LogP) is 2.17. The largest absolute Gasteiger partial charge is 0.373 e. The fraction of sp³-hybridized carbons (Fsp3) is 0.444. The summed E-state index contributed by atoms with van der Waals surface area (Å²) >= 11 is 0. The Bertz CT molecular complexity index is 697. The maximum Gasteiger partial charge on any atom is 0.226 e. The fourth-order valence-electron chi connectivity index (χ4n) is 3.49. The van der Waals surface area contributed by atoms with Gasteiger partial charge in [0, 0.05) is 37.4 Å². The van der Waals surface area contributed by atoms with Crippen molar-refractivity contribution in [1.82, 2.24) is 15.1 Å². The quantitative estimate of drug-likeness (QED) is 0.941. The third-order valence-corrected chi connectivity index (χ3v) is 4.83. The van der Waals surface area contributed by atoms with Crippen LogP contribution in [-0.2, 0) is 16.6 Å². The van der Waals surface area contributed by atoms with Crippen LogP contribution in [0.1, 0.15) is 36.0 Å². The summed E-state index contributed by atoms with van der Waals surface area (Å²) in [4.78, 5) is 12.6. The van der Waals surface area contributed by atoms with E-state index < -0.39 is 0 Å². The van der Waals surface area contributed by atoms with Crippen molar-refractivity contribution in [2.24, 2.45) is 13.0 Å². The topological polar surface area (TPSA) is 56.1 Å². The number of carbonyl (C=O) groups excluding carboxylic acids is 1. The van der Waals surface area contributed by atoms with Gasteiger partial charge in [-0.25, -0.2) is 0 Å². The SMILES string of the molecule is Cn1cc([C@H]2OCC[C@@H]2C(=O)N[C@H]2C[C@@H]2c2ccccc2)cn1. The van der Waals surface area contributed by atoms with Gasteiger partial charge in [-0.15, -0.1) is 0 Å². The lowest BCUT2D eigenvalue weighted by Crippen LogP contribution is -2.34. The average Bonchev–Trinajstić information content (AvgIpc) is 2.97. The van der Waals surface area contributed by atoms with Crippen molar-refractivity contribution >= 4 is 5.91 Å². The van der Waals surface area contributed by atoms with Crippen LogP contribution in [0, 0.1) is 5.92 Å². The van der Waals surface area contributed by atoms with Gasteiger partial charge >= 0.3 is 0 Å². The highest BCUT2D eigenvalue weighted by molar-refractivity contribution is 5.80. The zero-order valence-electron chi connectivity index (χ0n) is 13.2. The van der Waals surface area contributed by atoms with Crippen molar-refractivity contribution in [1.29, 1.82) is 0 Å². The van der Waals surface area contributed by atoms with E-state index in [2.05, 4.69) is 34.7 Å². The molecule has 1 aromatic heterocycles. The summed E-state index contributed by atoms with van der Waals surface area (Å²) in [6.07, 6.45) is 5.35. The summed E-state index contributed by atoms with van der Waals surface area (Å²) < 4.78 is 7.53. The lowest BCUT2D eigenvalue weighted by molar-refractivity contribution is -0.126. The van der Waals surface area contributed by atoms with E-state index in [9.17, 15) is 4.79 Å². The van der Waals surface area contributed by atoms with Gasteiger partial charge in [-0.05, 0) is 18.4 Å². The zero-order valence-corrected chi connectivity index (χ0v) is 13.2. The van der Waals surface area contributed by atoms with Crippen LogP contribution in [0.5, 0.6) is 0 Å². The van der Waals surface area contributed by atoms with Gasteiger partial charge in [0.15, 0.2) is 0 Å². The first-order valence-electron chi connectivity index (χ1n) is 8.18. The Morgan fingerprint density at radius 1 is 1.30 bits per heavy atom. The molecule has 2 fully saturated rings. The number of hydrogen-bond donors (Lipinski definition) is 1. The first-order valence-corrected chi connectivity index (χ1v) is 8.18. The second-order valence-electron chi connectivity index (χ2n) is 6.50. The fourth-order valence-corrected chi connectivity index (χ4v) is 3.49. The number of amides is 1. The van der Waals surface area contributed by atoms with Crippen LogP contribution in [0.25, 0.3) is 0 Å². The van der Waals surface area contributed by atoms with E-state index in [0.29, 0.717) is 12.5 Å². The maximum atomic E-state index is 12.6. The minimum absolute atomic E-state index is 0.111. The number of rotatable bonds is 4. The van der Waals surface area contributed by atoms with Crippen LogP contribution in [0.2, 0.25) is 0 Å². The first-order chi connectivity index (χ1) is 11.2. The molecule has 0 radical (unpaired) electrons. The summed E-state index contributed by atoms with van der Waals surface area (Å²) in [7, 11) is 1.88. The Hall–Kier alpha value is -2.14. The molecular formula is C18H21N3O2. The number of ether oxygens (including phenoxy) is 1. The van der Waals surface area contributed by atoms with Crippen LogP contribution in [0.3, 0.4) is 0 Å². The minimum atomic E-state index is -0.169. The monoisotopic (exact) mass is 311 g/mol. The van der Waals surface area contributed by atoms with Crippen LogP contribution in [-0.4, -0.2) is 28.3 Å². The Labute approximate surface area is 135 Å². The van der Waals surface area contributed by atoms with Crippen LogP contribution >= 0.6 is 0 Å². The van der Waals surface area contributed by atoms with Crippen LogP contribution < -0.4 is 5.32 Å². The summed E-state index contributed by atoms with van der Waals surface area (Å²) in [6, 6.07) is 10.7. The number of aryl methyl sites for hydroxylation is 1. The van der Waals surface area contributed by atoms with Gasteiger partial charge in [-0.3, -0.25) is 9.48 Å². The second-order valence-corrected chi connectivity index (χ2v) is 6.50. The lowest BCUT2D eigenvalue weighted by Gasteiger charge is -2.17. The standard InChI is InChI=1S/C18H21N3O2/c1-21-11-13(10-19-21)17-14(7-8-23-17)18(22)20-16-9-15(16)12-5-3-2-4-6-12/h2-6,10-11,14-17H,7-9H2,1H3,(H,20,22)/t14-,15+,16-,17+/m0/s1. The van der Waals surface area contributed by atoms with Crippen molar-refractivity contribution in [3.8, 4) is 0 Å². The van der Waals surface area contributed by atoms with Gasteiger partial charge in [-0.1, -0.05) is 30.3 Å². The molecule has 0 spiro atoms. The number of benzene rings is 1. The number of nitrogens with one attached hydrogen (secondary N) is 1. The molecule has 1 aliphatic heterocycles. The molecule has 1 saturated carbocycles. The molecule has 5 heteroatoms. The summed E-state index contributed by atoms with van der Waals surface area (Å²) in [5.41, 5.74) is 2.30. The third-order valence-electron chi connectivity index (χ3n) is 4.83. The number of carbonyl (C=O) groups is 1. The predicted molar refractivity (Wildman–Crippen MR) is 85.7 cm³/mol. The minimum Gasteiger partial charge on any atom is -0.373 e. The summed E-state index contributed by atoms with van der Waals surface area (Å²) in [5.74, 6) is 0.454. The van der Waals surface area contributed by atoms with E-state index in [-0.39, 0.29) is 24.0 Å². The molecule has 4 atom stereocenters. The molecular weight excluding hydrogens is 290 g/mol. The van der Waals surface area contributed by atoms with Crippen molar-refractivity contribution in [2.75, 3.05) is 6.61 Å². The highest BCUT2D eigenvalue weighted by Gasteiger charge is 2.43. The normalized spacial score (nSPS) is 29.4. The summed E-state index contributed by atoms with van der Waals surface area (Å²) in [5, 5.41) is 7.39. The molecule has 120 valence electrons. The van der Waals surface area contributed by atoms with E-state index in [1.54, 1.807) is 10.9 Å². The molecule has 4 rings (SSSR count). The molecule has 2 aliphatic rings. The second kappa shape index (κ2) is 5.81. The molecule has 1 saturated heterocycles. The highest BCUT2D eigenvalue weighted by Crippen LogP contribution is 2.42. The molecule has 5 nitrogen and oxygen atoms in total. The highest BCUT2D eigenvalue weighted by atomic mass is 16.5. The van der Waals surface area contributed by atoms with Gasteiger partial charge < -0.3 is 10.1 Å². The van der Waals surface area contributed by atoms with Crippen LogP contribution in [0.4, 0.5) is 0 Å². The van der Waals surface area contributed by atoms with E-state index in [1.165, 1.54) is 5.56 Å². The first kappa shape index (κ1) is 14.5. The summed E-state index contributed by atoms with van der Waals surface area (Å²) in [6.45, 7) is 0.629. The third kappa shape index (κ3) is 2.88. The average molecular weight is 311 g/mol. The number of aromatic nitrogens is 2. The van der Waals surface area contributed by atoms with E-state index >= 15 is 0 Å². The molecule has 1 aromatic carbocycles. The Balaban J connectivity index is 1.40. The van der Waals surface area contributed by atoms with Gasteiger partial charge in [0.05, 0.1) is 18.2 Å². The van der Waals surface area contributed by atoms with Crippen LogP contribution in [0.15, 0.2) is 42.7 Å². The van der Waals surface area contributed by atoms with Crippen molar-refractivity contribution in [3.05, 3.63) is 53.9 Å². The van der Waals surface area contributed by atoms with Gasteiger partial charge in [0.2, 0.25) is 5.91 Å². The number of hydrogen-bond acceptors (Lipinski definition) is 3. The Morgan fingerprint density at radius 3 is 2.87 bits per heavy atom. The van der Waals surface area contributed by atoms with E-state index in [1.807, 2.05) is 19.3 Å². The smallest absolute Gasteiger partial charge is 0.226 e. The molecule has 0 bridgehead atoms. The molecule has 0 unspecified atom stereocenters. The van der Waals surface area contributed by atoms with Crippen molar-refractivity contribution in [2.45, 2.75) is 30.9 Å². The van der Waals surface area contributed by atoms with Gasteiger partial charge in [0.25, 0.3) is 0 Å². The zero-order chi connectivity index (χ0) is 15.8. The number of nitrogens with zero attached hydrogens (tertiary/aromatic N) is 2.